The highest BCUT2D eigenvalue weighted by atomic mass is 16.5. The van der Waals surface area contributed by atoms with Crippen molar-refractivity contribution in [3.05, 3.63) is 39.7 Å². The molecule has 7 heteroatoms. The average molecular weight is 324 g/mol. The van der Waals surface area contributed by atoms with E-state index in [4.69, 9.17) is 4.74 Å². The van der Waals surface area contributed by atoms with Crippen molar-refractivity contribution in [2.24, 2.45) is 5.10 Å². The minimum Gasteiger partial charge on any atom is -0.465 e. The average Bonchev–Trinajstić information content (AvgIpc) is 3.00. The summed E-state index contributed by atoms with van der Waals surface area (Å²) in [5.41, 5.74) is 3.86. The number of benzene rings is 1. The number of aromatic amines is 1. The largest absolute Gasteiger partial charge is 0.465 e. The Bertz CT molecular complexity index is 978. The van der Waals surface area contributed by atoms with Gasteiger partial charge < -0.3 is 15.0 Å². The zero-order valence-corrected chi connectivity index (χ0v) is 13.1. The van der Waals surface area contributed by atoms with Gasteiger partial charge in [-0.05, 0) is 19.1 Å². The summed E-state index contributed by atoms with van der Waals surface area (Å²) in [7, 11) is 0. The first-order chi connectivity index (χ1) is 11.7. The molecule has 3 aliphatic rings. The summed E-state index contributed by atoms with van der Waals surface area (Å²) in [4.78, 5) is 27.5. The molecule has 7 nitrogen and oxygen atoms in total. The van der Waals surface area contributed by atoms with E-state index in [2.05, 4.69) is 15.4 Å². The Hall–Kier alpha value is -2.83. The van der Waals surface area contributed by atoms with Crippen LogP contribution >= 0.6 is 0 Å². The van der Waals surface area contributed by atoms with E-state index >= 15 is 0 Å². The Morgan fingerprint density at radius 2 is 2.33 bits per heavy atom. The molecule has 5 rings (SSSR count). The van der Waals surface area contributed by atoms with E-state index in [0.29, 0.717) is 24.9 Å². The molecular weight excluding hydrogens is 308 g/mol. The molecule has 3 aliphatic heterocycles. The van der Waals surface area contributed by atoms with E-state index in [-0.39, 0.29) is 11.5 Å². The lowest BCUT2D eigenvalue weighted by Crippen LogP contribution is -2.22. The molecule has 0 spiro atoms. The molecule has 24 heavy (non-hydrogen) atoms. The second kappa shape index (κ2) is 4.59. The Morgan fingerprint density at radius 3 is 3.04 bits per heavy atom. The van der Waals surface area contributed by atoms with Crippen molar-refractivity contribution in [2.75, 3.05) is 25.0 Å². The van der Waals surface area contributed by atoms with Crippen molar-refractivity contribution in [3.8, 4) is 0 Å². The maximum absolute atomic E-state index is 12.3. The Kier molecular flexibility index (Phi) is 2.60. The van der Waals surface area contributed by atoms with Gasteiger partial charge in [0, 0.05) is 28.6 Å². The van der Waals surface area contributed by atoms with Crippen molar-refractivity contribution in [1.29, 1.82) is 0 Å². The minimum absolute atomic E-state index is 0.202. The maximum atomic E-state index is 12.3. The zero-order valence-electron chi connectivity index (χ0n) is 13.1. The van der Waals surface area contributed by atoms with Crippen LogP contribution in [0.4, 0.5) is 5.69 Å². The fourth-order valence-corrected chi connectivity index (χ4v) is 3.63. The molecule has 0 amide bonds. The maximum Gasteiger partial charge on any atom is 0.315 e. The molecule has 4 heterocycles. The van der Waals surface area contributed by atoms with Crippen LogP contribution < -0.4 is 10.9 Å². The number of rotatable bonds is 3. The summed E-state index contributed by atoms with van der Waals surface area (Å²) in [6, 6.07) is 6.33. The first-order valence-electron chi connectivity index (χ1n) is 8.13. The molecule has 2 unspecified atom stereocenters. The summed E-state index contributed by atoms with van der Waals surface area (Å²) in [6.45, 7) is 3.48. The molecule has 0 bridgehead atoms. The zero-order chi connectivity index (χ0) is 16.4. The predicted molar refractivity (Wildman–Crippen MR) is 89.5 cm³/mol. The SMILES string of the molecule is CCOC(=O)C1CNc2c1c1cc(C3=NN4CC34)ccc1[nH]c2=O. The number of nitrogens with one attached hydrogen (secondary N) is 2. The van der Waals surface area contributed by atoms with Crippen LogP contribution in [-0.2, 0) is 9.53 Å². The third-order valence-electron chi connectivity index (χ3n) is 4.89. The third kappa shape index (κ3) is 1.75. The van der Waals surface area contributed by atoms with E-state index in [1.54, 1.807) is 6.92 Å². The second-order valence-corrected chi connectivity index (χ2v) is 6.31. The molecule has 2 atom stereocenters. The lowest BCUT2D eigenvalue weighted by Gasteiger charge is -2.16. The number of pyridine rings is 1. The van der Waals surface area contributed by atoms with Gasteiger partial charge in [0.05, 0.1) is 18.9 Å². The molecular formula is C17H16N4O3. The molecule has 1 fully saturated rings. The monoisotopic (exact) mass is 324 g/mol. The van der Waals surface area contributed by atoms with Gasteiger partial charge in [0.1, 0.15) is 17.6 Å². The van der Waals surface area contributed by atoms with Gasteiger partial charge in [-0.1, -0.05) is 6.07 Å². The number of H-pyrrole nitrogens is 1. The van der Waals surface area contributed by atoms with E-state index in [0.717, 1.165) is 34.3 Å². The van der Waals surface area contributed by atoms with Crippen LogP contribution in [0.2, 0.25) is 0 Å². The van der Waals surface area contributed by atoms with Gasteiger partial charge in [-0.2, -0.15) is 5.10 Å². The van der Waals surface area contributed by atoms with Gasteiger partial charge >= 0.3 is 5.97 Å². The number of anilines is 1. The summed E-state index contributed by atoms with van der Waals surface area (Å²) in [5, 5.41) is 10.4. The van der Waals surface area contributed by atoms with Crippen LogP contribution in [0.15, 0.2) is 28.1 Å². The number of carbonyl (C=O) groups is 1. The van der Waals surface area contributed by atoms with E-state index in [9.17, 15) is 9.59 Å². The fourth-order valence-electron chi connectivity index (χ4n) is 3.63. The van der Waals surface area contributed by atoms with Crippen LogP contribution in [0.1, 0.15) is 24.0 Å². The number of hydrogen-bond donors (Lipinski definition) is 2. The van der Waals surface area contributed by atoms with Crippen molar-refractivity contribution in [2.45, 2.75) is 18.9 Å². The fraction of sp³-hybridized carbons (Fsp3) is 0.353. The Labute approximate surface area is 137 Å². The van der Waals surface area contributed by atoms with Gasteiger partial charge in [0.25, 0.3) is 5.56 Å². The van der Waals surface area contributed by atoms with Crippen LogP contribution in [-0.4, -0.2) is 47.4 Å². The van der Waals surface area contributed by atoms with Crippen LogP contribution in [0.25, 0.3) is 10.9 Å². The highest BCUT2D eigenvalue weighted by Crippen LogP contribution is 2.37. The van der Waals surface area contributed by atoms with Gasteiger partial charge in [0.15, 0.2) is 0 Å². The summed E-state index contributed by atoms with van der Waals surface area (Å²) in [6.07, 6.45) is 0. The first kappa shape index (κ1) is 13.6. The number of hydrazone groups is 1. The molecule has 0 saturated carbocycles. The van der Waals surface area contributed by atoms with Crippen molar-refractivity contribution < 1.29 is 9.53 Å². The minimum atomic E-state index is -0.458. The normalized spacial score (nSPS) is 23.0. The number of aromatic nitrogens is 1. The van der Waals surface area contributed by atoms with Crippen LogP contribution in [0.3, 0.4) is 0 Å². The molecule has 0 aliphatic carbocycles. The number of fused-ring (bicyclic) bond motifs is 4. The lowest BCUT2D eigenvalue weighted by molar-refractivity contribution is -0.144. The van der Waals surface area contributed by atoms with Crippen molar-refractivity contribution >= 4 is 28.3 Å². The molecule has 2 aromatic rings. The van der Waals surface area contributed by atoms with Crippen LogP contribution in [0, 0.1) is 0 Å². The Morgan fingerprint density at radius 1 is 1.46 bits per heavy atom. The number of hydrogen-bond acceptors (Lipinski definition) is 6. The lowest BCUT2D eigenvalue weighted by atomic mass is 9.94. The highest BCUT2D eigenvalue weighted by molar-refractivity contribution is 6.11. The third-order valence-corrected chi connectivity index (χ3v) is 4.89. The van der Waals surface area contributed by atoms with Gasteiger partial charge in [-0.3, -0.25) is 14.6 Å². The van der Waals surface area contributed by atoms with E-state index < -0.39 is 5.92 Å². The topological polar surface area (TPSA) is 86.6 Å². The van der Waals surface area contributed by atoms with Gasteiger partial charge in [0.2, 0.25) is 0 Å². The molecule has 0 radical (unpaired) electrons. The number of nitrogens with zero attached hydrogens (tertiary/aromatic N) is 2. The number of carbonyl (C=O) groups excluding carboxylic acids is 1. The number of ether oxygens (including phenoxy) is 1. The summed E-state index contributed by atoms with van der Waals surface area (Å²) < 4.78 is 5.18. The quantitative estimate of drug-likeness (QED) is 0.650. The first-order valence-corrected chi connectivity index (χ1v) is 8.13. The van der Waals surface area contributed by atoms with E-state index in [1.165, 1.54) is 0 Å². The summed E-state index contributed by atoms with van der Waals surface area (Å²) in [5.74, 6) is -0.754. The Balaban J connectivity index is 1.69. The molecule has 122 valence electrons. The van der Waals surface area contributed by atoms with Gasteiger partial charge in [-0.15, -0.1) is 0 Å². The predicted octanol–water partition coefficient (Wildman–Crippen LogP) is 1.00. The molecule has 1 aromatic carbocycles. The van der Waals surface area contributed by atoms with Crippen molar-refractivity contribution in [3.63, 3.8) is 0 Å². The van der Waals surface area contributed by atoms with Crippen molar-refractivity contribution in [1.82, 2.24) is 9.99 Å². The molecule has 1 saturated heterocycles. The number of esters is 1. The van der Waals surface area contributed by atoms with Crippen LogP contribution in [0.5, 0.6) is 0 Å². The highest BCUT2D eigenvalue weighted by Gasteiger charge is 2.47. The molecule has 1 aromatic heterocycles. The van der Waals surface area contributed by atoms with Gasteiger partial charge in [-0.25, -0.2) is 0 Å². The van der Waals surface area contributed by atoms with E-state index in [1.807, 2.05) is 23.2 Å². The second-order valence-electron chi connectivity index (χ2n) is 6.31. The standard InChI is InChI=1S/C17H16N4O3/c1-2-24-17(23)10-6-18-15-13(10)9-5-8(14-12-7-21(12)20-14)3-4-11(9)19-16(15)22/h3-5,10,12,18H,2,6-7H2,1H3,(H,19,22). The smallest absolute Gasteiger partial charge is 0.315 e. The molecule has 2 N–H and O–H groups in total. The summed E-state index contributed by atoms with van der Waals surface area (Å²) >= 11 is 0.